The second-order valence-electron chi connectivity index (χ2n) is 7.58. The molecule has 0 fully saturated rings. The summed E-state index contributed by atoms with van der Waals surface area (Å²) < 4.78 is 38.9. The van der Waals surface area contributed by atoms with Gasteiger partial charge in [0.15, 0.2) is 0 Å². The van der Waals surface area contributed by atoms with Gasteiger partial charge in [0.2, 0.25) is 8.32 Å². The highest BCUT2D eigenvalue weighted by molar-refractivity contribution is 7.86. The van der Waals surface area contributed by atoms with Gasteiger partial charge < -0.3 is 10.2 Å². The predicted molar refractivity (Wildman–Crippen MR) is 104 cm³/mol. The van der Waals surface area contributed by atoms with Gasteiger partial charge in [-0.05, 0) is 48.0 Å². The number of hydrogen-bond donors (Lipinski definition) is 2. The summed E-state index contributed by atoms with van der Waals surface area (Å²) >= 11 is 0. The molecule has 0 bridgehead atoms. The van der Waals surface area contributed by atoms with E-state index < -0.39 is 18.4 Å². The first-order chi connectivity index (χ1) is 11.3. The molecule has 0 aromatic heterocycles. The molecule has 0 aliphatic rings. The fourth-order valence-electron chi connectivity index (χ4n) is 2.21. The van der Waals surface area contributed by atoms with Crippen molar-refractivity contribution < 1.29 is 17.4 Å². The minimum absolute atomic E-state index is 0.0770. The lowest BCUT2D eigenvalue weighted by Crippen LogP contribution is -2.43. The molecule has 2 aromatic carbocycles. The first kappa shape index (κ1) is 19.5. The van der Waals surface area contributed by atoms with Gasteiger partial charge in [-0.15, -0.1) is 0 Å². The second-order valence-corrected chi connectivity index (χ2v) is 13.7. The van der Waals surface area contributed by atoms with E-state index in [1.165, 1.54) is 12.1 Å². The quantitative estimate of drug-likeness (QED) is 0.461. The third kappa shape index (κ3) is 4.23. The van der Waals surface area contributed by atoms with Crippen molar-refractivity contribution in [1.82, 2.24) is 0 Å². The van der Waals surface area contributed by atoms with Crippen molar-refractivity contribution in [2.24, 2.45) is 0 Å². The highest BCUT2D eigenvalue weighted by Gasteiger charge is 2.38. The van der Waals surface area contributed by atoms with E-state index in [-0.39, 0.29) is 15.6 Å². The van der Waals surface area contributed by atoms with Crippen molar-refractivity contribution >= 4 is 24.1 Å². The molecule has 0 saturated heterocycles. The van der Waals surface area contributed by atoms with Crippen molar-refractivity contribution in [3.63, 3.8) is 0 Å². The zero-order valence-corrected chi connectivity index (χ0v) is 17.0. The number of nitrogen functional groups attached to an aromatic ring is 1. The van der Waals surface area contributed by atoms with E-state index in [0.717, 1.165) is 5.75 Å². The fourth-order valence-corrected chi connectivity index (χ4v) is 3.99. The van der Waals surface area contributed by atoms with Crippen LogP contribution in [0.5, 0.6) is 5.75 Å². The number of rotatable bonds is 4. The third-order valence-corrected chi connectivity index (χ3v) is 9.91. The maximum absolute atomic E-state index is 11.6. The monoisotopic (exact) mass is 379 g/mol. The van der Waals surface area contributed by atoms with Gasteiger partial charge in [0, 0.05) is 11.3 Å². The maximum atomic E-state index is 11.6. The first-order valence-corrected chi connectivity index (χ1v) is 12.3. The van der Waals surface area contributed by atoms with Crippen LogP contribution in [0.3, 0.4) is 0 Å². The summed E-state index contributed by atoms with van der Waals surface area (Å²) in [5.74, 6) is 0.734. The van der Waals surface area contributed by atoms with E-state index in [0.29, 0.717) is 11.1 Å². The van der Waals surface area contributed by atoms with Crippen molar-refractivity contribution in [1.29, 1.82) is 0 Å². The molecule has 7 heteroatoms. The molecule has 5 nitrogen and oxygen atoms in total. The Morgan fingerprint density at radius 2 is 1.60 bits per heavy atom. The average molecular weight is 380 g/mol. The van der Waals surface area contributed by atoms with E-state index in [1.54, 1.807) is 30.3 Å². The van der Waals surface area contributed by atoms with E-state index in [2.05, 4.69) is 33.9 Å². The van der Waals surface area contributed by atoms with E-state index in [1.807, 2.05) is 0 Å². The molecule has 0 aliphatic carbocycles. The zero-order valence-electron chi connectivity index (χ0n) is 15.2. The Morgan fingerprint density at radius 1 is 1.04 bits per heavy atom. The Labute approximate surface area is 150 Å². The minimum atomic E-state index is -4.37. The van der Waals surface area contributed by atoms with E-state index >= 15 is 0 Å². The molecule has 0 saturated carbocycles. The number of anilines is 1. The molecule has 0 atom stereocenters. The van der Waals surface area contributed by atoms with Crippen LogP contribution in [0.4, 0.5) is 5.69 Å². The highest BCUT2D eigenvalue weighted by Crippen LogP contribution is 2.38. The van der Waals surface area contributed by atoms with E-state index in [4.69, 9.17) is 10.2 Å². The smallest absolute Gasteiger partial charge is 0.295 e. The van der Waals surface area contributed by atoms with Crippen molar-refractivity contribution in [2.45, 2.75) is 43.8 Å². The van der Waals surface area contributed by atoms with Crippen LogP contribution in [0, 0.1) is 0 Å². The molecule has 0 radical (unpaired) electrons. The van der Waals surface area contributed by atoms with Crippen LogP contribution in [-0.2, 0) is 10.1 Å². The van der Waals surface area contributed by atoms with Gasteiger partial charge >= 0.3 is 0 Å². The topological polar surface area (TPSA) is 89.6 Å². The second kappa shape index (κ2) is 6.47. The SMILES string of the molecule is CC(C)(C)[Si](C)(C)Oc1ccc(-c2c(N)cccc2S(=O)(=O)O)cc1. The molecular formula is C18H25NO4SSi. The molecule has 2 rings (SSSR count). The van der Waals surface area contributed by atoms with E-state index in [9.17, 15) is 13.0 Å². The summed E-state index contributed by atoms with van der Waals surface area (Å²) in [6.07, 6.45) is 0. The Hall–Kier alpha value is -1.83. The van der Waals surface area contributed by atoms with Gasteiger partial charge in [-0.3, -0.25) is 4.55 Å². The fraction of sp³-hybridized carbons (Fsp3) is 0.333. The normalized spacial score (nSPS) is 12.9. The standard InChI is InChI=1S/C18H25NO4SSi/c1-18(2,3)25(4,5)23-14-11-9-13(10-12-14)17-15(19)7-6-8-16(17)24(20,21)22/h6-12H,19H2,1-5H3,(H,20,21,22). The van der Waals surface area contributed by atoms with Crippen LogP contribution in [0.25, 0.3) is 11.1 Å². The lowest BCUT2D eigenvalue weighted by molar-refractivity contribution is 0.483. The first-order valence-electron chi connectivity index (χ1n) is 7.98. The summed E-state index contributed by atoms with van der Waals surface area (Å²) in [6.45, 7) is 10.8. The Kier molecular flexibility index (Phi) is 5.05. The van der Waals surface area contributed by atoms with Crippen LogP contribution in [0.1, 0.15) is 20.8 Å². The molecule has 0 heterocycles. The lowest BCUT2D eigenvalue weighted by Gasteiger charge is -2.36. The Bertz CT molecular complexity index is 869. The van der Waals surface area contributed by atoms with Gasteiger partial charge in [0.1, 0.15) is 10.6 Å². The van der Waals surface area contributed by atoms with Crippen molar-refractivity contribution in [2.75, 3.05) is 5.73 Å². The average Bonchev–Trinajstić information content (AvgIpc) is 2.45. The van der Waals surface area contributed by atoms with Crippen LogP contribution >= 0.6 is 0 Å². The van der Waals surface area contributed by atoms with Crippen LogP contribution in [0.2, 0.25) is 18.1 Å². The van der Waals surface area contributed by atoms with Crippen LogP contribution < -0.4 is 10.2 Å². The molecule has 136 valence electrons. The summed E-state index contributed by atoms with van der Waals surface area (Å²) in [5, 5.41) is 0.0770. The van der Waals surface area contributed by atoms with Gasteiger partial charge in [-0.1, -0.05) is 39.0 Å². The predicted octanol–water partition coefficient (Wildman–Crippen LogP) is 4.57. The van der Waals surface area contributed by atoms with Gasteiger partial charge in [-0.25, -0.2) is 0 Å². The molecule has 2 aromatic rings. The van der Waals surface area contributed by atoms with Gasteiger partial charge in [-0.2, -0.15) is 8.42 Å². The molecule has 0 unspecified atom stereocenters. The molecule has 0 spiro atoms. The van der Waals surface area contributed by atoms with Crippen molar-refractivity contribution in [3.05, 3.63) is 42.5 Å². The largest absolute Gasteiger partial charge is 0.544 e. The number of hydrogen-bond acceptors (Lipinski definition) is 4. The third-order valence-electron chi connectivity index (χ3n) is 4.66. The molecule has 0 aliphatic heterocycles. The summed E-state index contributed by atoms with van der Waals surface area (Å²) in [6, 6.07) is 11.5. The lowest BCUT2D eigenvalue weighted by atomic mass is 10.0. The molecule has 3 N–H and O–H groups in total. The van der Waals surface area contributed by atoms with Crippen LogP contribution in [-0.4, -0.2) is 21.3 Å². The zero-order chi connectivity index (χ0) is 19.0. The van der Waals surface area contributed by atoms with Gasteiger partial charge in [0.25, 0.3) is 10.1 Å². The maximum Gasteiger partial charge on any atom is 0.295 e. The number of nitrogens with two attached hydrogens (primary N) is 1. The van der Waals surface area contributed by atoms with Gasteiger partial charge in [0.05, 0.1) is 0 Å². The molecule has 25 heavy (non-hydrogen) atoms. The highest BCUT2D eigenvalue weighted by atomic mass is 32.2. The summed E-state index contributed by atoms with van der Waals surface area (Å²) in [7, 11) is -6.32. The minimum Gasteiger partial charge on any atom is -0.544 e. The summed E-state index contributed by atoms with van der Waals surface area (Å²) in [4.78, 5) is -0.203. The molecule has 0 amide bonds. The van der Waals surface area contributed by atoms with Crippen LogP contribution in [0.15, 0.2) is 47.4 Å². The summed E-state index contributed by atoms with van der Waals surface area (Å²) in [5.41, 5.74) is 7.13. The van der Waals surface area contributed by atoms with Crippen molar-refractivity contribution in [3.8, 4) is 16.9 Å². The molecular weight excluding hydrogens is 354 g/mol. The number of benzene rings is 2. The Morgan fingerprint density at radius 3 is 2.08 bits per heavy atom. The Balaban J connectivity index is 2.43.